The van der Waals surface area contributed by atoms with Crippen LogP contribution in [0.2, 0.25) is 0 Å². The van der Waals surface area contributed by atoms with Gasteiger partial charge in [0.05, 0.1) is 7.11 Å². The molecule has 0 saturated carbocycles. The molecule has 4 heteroatoms. The van der Waals surface area contributed by atoms with Crippen molar-refractivity contribution in [2.45, 2.75) is 30.2 Å². The third-order valence-electron chi connectivity index (χ3n) is 3.00. The summed E-state index contributed by atoms with van der Waals surface area (Å²) in [6.07, 6.45) is 3.62. The van der Waals surface area contributed by atoms with E-state index in [4.69, 9.17) is 5.73 Å². The maximum atomic E-state index is 11.2. The molecule has 0 aromatic heterocycles. The highest BCUT2D eigenvalue weighted by atomic mass is 32.2. The van der Waals surface area contributed by atoms with Gasteiger partial charge in [-0.2, -0.15) is 0 Å². The molecule has 0 fully saturated rings. The number of thioether (sulfide) groups is 1. The molecule has 0 heterocycles. The van der Waals surface area contributed by atoms with Crippen LogP contribution in [0, 0.1) is 0 Å². The van der Waals surface area contributed by atoms with Crippen molar-refractivity contribution in [3.05, 3.63) is 29.3 Å². The minimum atomic E-state index is -0.543. The van der Waals surface area contributed by atoms with Gasteiger partial charge in [-0.3, -0.25) is 4.79 Å². The minimum Gasteiger partial charge on any atom is -0.468 e. The number of aryl methyl sites for hydroxylation is 2. The van der Waals surface area contributed by atoms with Gasteiger partial charge in [0.15, 0.2) is 0 Å². The van der Waals surface area contributed by atoms with Crippen LogP contribution in [0.5, 0.6) is 0 Å². The first-order chi connectivity index (χ1) is 8.20. The standard InChI is InChI=1S/C13H17NO2S/c1-16-13(15)12(14)8-17-11-6-5-9-3-2-4-10(9)7-11/h5-7,12H,2-4,8,14H2,1H3. The first-order valence-corrected chi connectivity index (χ1v) is 6.77. The number of ether oxygens (including phenoxy) is 1. The van der Waals surface area contributed by atoms with E-state index < -0.39 is 6.04 Å². The summed E-state index contributed by atoms with van der Waals surface area (Å²) in [5, 5.41) is 0. The van der Waals surface area contributed by atoms with Crippen LogP contribution < -0.4 is 5.73 Å². The second-order valence-corrected chi connectivity index (χ2v) is 5.32. The molecule has 0 spiro atoms. The zero-order valence-electron chi connectivity index (χ0n) is 9.94. The first kappa shape index (κ1) is 12.5. The molecule has 1 atom stereocenters. The molecule has 0 aliphatic heterocycles. The van der Waals surface area contributed by atoms with Crippen molar-refractivity contribution in [2.24, 2.45) is 5.73 Å². The topological polar surface area (TPSA) is 52.3 Å². The molecule has 1 aliphatic carbocycles. The zero-order valence-corrected chi connectivity index (χ0v) is 10.8. The number of rotatable bonds is 4. The lowest BCUT2D eigenvalue weighted by Crippen LogP contribution is -2.33. The van der Waals surface area contributed by atoms with Crippen molar-refractivity contribution in [1.29, 1.82) is 0 Å². The van der Waals surface area contributed by atoms with Gasteiger partial charge in [-0.1, -0.05) is 6.07 Å². The van der Waals surface area contributed by atoms with Crippen LogP contribution in [0.1, 0.15) is 17.5 Å². The number of benzene rings is 1. The van der Waals surface area contributed by atoms with E-state index in [0.29, 0.717) is 5.75 Å². The summed E-state index contributed by atoms with van der Waals surface area (Å²) in [7, 11) is 1.36. The molecule has 1 aromatic rings. The lowest BCUT2D eigenvalue weighted by Gasteiger charge is -2.09. The molecular formula is C13H17NO2S. The quantitative estimate of drug-likeness (QED) is 0.654. The largest absolute Gasteiger partial charge is 0.468 e. The van der Waals surface area contributed by atoms with Crippen LogP contribution in [0.3, 0.4) is 0 Å². The number of carbonyl (C=O) groups excluding carboxylic acids is 1. The van der Waals surface area contributed by atoms with Gasteiger partial charge in [-0.15, -0.1) is 11.8 Å². The van der Waals surface area contributed by atoms with E-state index in [0.717, 1.165) is 0 Å². The molecule has 1 aliphatic rings. The Morgan fingerprint density at radius 2 is 2.24 bits per heavy atom. The molecule has 3 nitrogen and oxygen atoms in total. The number of esters is 1. The number of carbonyl (C=O) groups is 1. The summed E-state index contributed by atoms with van der Waals surface area (Å²) in [6.45, 7) is 0. The van der Waals surface area contributed by atoms with Crippen molar-refractivity contribution in [1.82, 2.24) is 0 Å². The van der Waals surface area contributed by atoms with Crippen LogP contribution in [-0.4, -0.2) is 24.9 Å². The van der Waals surface area contributed by atoms with Crippen LogP contribution in [0.4, 0.5) is 0 Å². The predicted octanol–water partition coefficient (Wildman–Crippen LogP) is 1.77. The monoisotopic (exact) mass is 251 g/mol. The molecule has 0 amide bonds. The zero-order chi connectivity index (χ0) is 12.3. The van der Waals surface area contributed by atoms with E-state index in [1.807, 2.05) is 0 Å². The van der Waals surface area contributed by atoms with E-state index >= 15 is 0 Å². The van der Waals surface area contributed by atoms with E-state index in [-0.39, 0.29) is 5.97 Å². The Hall–Kier alpha value is -1.00. The molecule has 0 radical (unpaired) electrons. The Bertz CT molecular complexity index is 420. The molecule has 1 aromatic carbocycles. The maximum Gasteiger partial charge on any atom is 0.323 e. The Morgan fingerprint density at radius 1 is 1.47 bits per heavy atom. The highest BCUT2D eigenvalue weighted by Gasteiger charge is 2.15. The molecule has 2 N–H and O–H groups in total. The lowest BCUT2D eigenvalue weighted by molar-refractivity contribution is -0.141. The number of fused-ring (bicyclic) bond motifs is 1. The summed E-state index contributed by atoms with van der Waals surface area (Å²) in [5.74, 6) is 0.213. The van der Waals surface area contributed by atoms with Crippen LogP contribution >= 0.6 is 11.8 Å². The lowest BCUT2D eigenvalue weighted by atomic mass is 10.1. The SMILES string of the molecule is COC(=O)C(N)CSc1ccc2c(c1)CCC2. The number of nitrogens with two attached hydrogens (primary N) is 1. The Labute approximate surface area is 106 Å². The Morgan fingerprint density at radius 3 is 3.00 bits per heavy atom. The fraction of sp³-hybridized carbons (Fsp3) is 0.462. The summed E-state index contributed by atoms with van der Waals surface area (Å²) in [6, 6.07) is 5.97. The van der Waals surface area contributed by atoms with Gasteiger partial charge in [0.1, 0.15) is 6.04 Å². The smallest absolute Gasteiger partial charge is 0.323 e. The van der Waals surface area contributed by atoms with Gasteiger partial charge in [0, 0.05) is 10.6 Å². The Kier molecular flexibility index (Phi) is 4.07. The van der Waals surface area contributed by atoms with Gasteiger partial charge >= 0.3 is 5.97 Å². The van der Waals surface area contributed by atoms with Crippen LogP contribution in [0.15, 0.2) is 23.1 Å². The van der Waals surface area contributed by atoms with Crippen molar-refractivity contribution >= 4 is 17.7 Å². The number of methoxy groups -OCH3 is 1. The third-order valence-corrected chi connectivity index (χ3v) is 4.12. The fourth-order valence-corrected chi connectivity index (χ4v) is 2.94. The molecule has 2 rings (SSSR count). The second-order valence-electron chi connectivity index (χ2n) is 4.22. The van der Waals surface area contributed by atoms with Gasteiger partial charge in [-0.05, 0) is 42.5 Å². The van der Waals surface area contributed by atoms with Crippen molar-refractivity contribution in [3.63, 3.8) is 0 Å². The van der Waals surface area contributed by atoms with E-state index in [1.165, 1.54) is 42.4 Å². The van der Waals surface area contributed by atoms with E-state index in [1.54, 1.807) is 11.8 Å². The van der Waals surface area contributed by atoms with Crippen molar-refractivity contribution in [3.8, 4) is 0 Å². The summed E-state index contributed by atoms with van der Waals surface area (Å²) in [5.41, 5.74) is 8.60. The molecule has 92 valence electrons. The first-order valence-electron chi connectivity index (χ1n) is 5.78. The molecule has 0 bridgehead atoms. The molecule has 1 unspecified atom stereocenters. The van der Waals surface area contributed by atoms with Crippen LogP contribution in [0.25, 0.3) is 0 Å². The number of hydrogen-bond acceptors (Lipinski definition) is 4. The summed E-state index contributed by atoms with van der Waals surface area (Å²) < 4.78 is 4.60. The van der Waals surface area contributed by atoms with Gasteiger partial charge in [-0.25, -0.2) is 0 Å². The van der Waals surface area contributed by atoms with Gasteiger partial charge in [0.2, 0.25) is 0 Å². The van der Waals surface area contributed by atoms with Crippen LogP contribution in [-0.2, 0) is 22.4 Å². The molecule has 17 heavy (non-hydrogen) atoms. The molecule has 0 saturated heterocycles. The molecular weight excluding hydrogens is 234 g/mol. The second kappa shape index (κ2) is 5.56. The average molecular weight is 251 g/mol. The highest BCUT2D eigenvalue weighted by Crippen LogP contribution is 2.27. The summed E-state index contributed by atoms with van der Waals surface area (Å²) in [4.78, 5) is 12.3. The minimum absolute atomic E-state index is 0.348. The third kappa shape index (κ3) is 3.01. The highest BCUT2D eigenvalue weighted by molar-refractivity contribution is 7.99. The number of hydrogen-bond donors (Lipinski definition) is 1. The normalized spacial score (nSPS) is 15.4. The predicted molar refractivity (Wildman–Crippen MR) is 69.2 cm³/mol. The van der Waals surface area contributed by atoms with Gasteiger partial charge in [0.25, 0.3) is 0 Å². The van der Waals surface area contributed by atoms with Crippen molar-refractivity contribution < 1.29 is 9.53 Å². The van der Waals surface area contributed by atoms with E-state index in [2.05, 4.69) is 22.9 Å². The maximum absolute atomic E-state index is 11.2. The summed E-state index contributed by atoms with van der Waals surface area (Å²) >= 11 is 1.61. The van der Waals surface area contributed by atoms with E-state index in [9.17, 15) is 4.79 Å². The van der Waals surface area contributed by atoms with Gasteiger partial charge < -0.3 is 10.5 Å². The Balaban J connectivity index is 1.93. The van der Waals surface area contributed by atoms with Crippen molar-refractivity contribution in [2.75, 3.05) is 12.9 Å². The fourth-order valence-electron chi connectivity index (χ4n) is 2.04. The average Bonchev–Trinajstić information content (AvgIpc) is 2.82.